The normalized spacial score (nSPS) is 12.6. The van der Waals surface area contributed by atoms with Crippen LogP contribution in [0, 0.1) is 10.1 Å². The molecule has 11 heteroatoms. The monoisotopic (exact) mass is 427 g/mol. The minimum Gasteiger partial charge on any atom is -0.506 e. The molecule has 0 saturated carbocycles. The summed E-state index contributed by atoms with van der Waals surface area (Å²) in [4.78, 5) is 59.1. The maximum Gasteiger partial charge on any atom is 0.307 e. The van der Waals surface area contributed by atoms with Crippen LogP contribution < -0.4 is 5.32 Å². The van der Waals surface area contributed by atoms with Crippen LogP contribution in [0.5, 0.6) is 5.75 Å². The first kappa shape index (κ1) is 21.4. The number of nitrogens with one attached hydrogen (secondary N) is 1. The Balaban J connectivity index is 1.61. The summed E-state index contributed by atoms with van der Waals surface area (Å²) in [6.07, 6.45) is -0.312. The average molecular weight is 427 g/mol. The molecule has 0 aromatic heterocycles. The van der Waals surface area contributed by atoms with Crippen molar-refractivity contribution in [3.8, 4) is 5.75 Å². The van der Waals surface area contributed by atoms with E-state index in [1.54, 1.807) is 0 Å². The Hall–Kier alpha value is -4.28. The van der Waals surface area contributed by atoms with Gasteiger partial charge < -0.3 is 15.5 Å². The molecule has 0 spiro atoms. The molecule has 2 aromatic rings. The molecule has 0 atom stereocenters. The molecule has 0 bridgehead atoms. The molecule has 0 radical (unpaired) electrons. The smallest absolute Gasteiger partial charge is 0.307 e. The second-order valence-electron chi connectivity index (χ2n) is 6.79. The van der Waals surface area contributed by atoms with Crippen LogP contribution in [0.2, 0.25) is 0 Å². The van der Waals surface area contributed by atoms with Crippen molar-refractivity contribution in [1.82, 2.24) is 4.90 Å². The molecule has 3 N–H and O–H groups in total. The van der Waals surface area contributed by atoms with E-state index in [2.05, 4.69) is 5.32 Å². The first-order valence-electron chi connectivity index (χ1n) is 9.16. The molecule has 0 saturated heterocycles. The number of nitrogens with zero attached hydrogens (tertiary/aromatic N) is 2. The lowest BCUT2D eigenvalue weighted by atomic mass is 10.1. The number of carboxylic acid groups (broad SMARTS) is 1. The molecule has 1 heterocycles. The van der Waals surface area contributed by atoms with E-state index in [0.29, 0.717) is 5.56 Å². The predicted octanol–water partition coefficient (Wildman–Crippen LogP) is 1.94. The minimum atomic E-state index is -1.07. The van der Waals surface area contributed by atoms with Gasteiger partial charge in [-0.25, -0.2) is 0 Å². The van der Waals surface area contributed by atoms with Crippen molar-refractivity contribution < 1.29 is 34.3 Å². The highest BCUT2D eigenvalue weighted by molar-refractivity contribution is 6.23. The summed E-state index contributed by atoms with van der Waals surface area (Å²) in [6.45, 7) is -0.123. The second kappa shape index (κ2) is 8.61. The number of fused-ring (bicyclic) bond motifs is 1. The van der Waals surface area contributed by atoms with Gasteiger partial charge >= 0.3 is 5.97 Å². The lowest BCUT2D eigenvalue weighted by molar-refractivity contribution is -0.385. The van der Waals surface area contributed by atoms with Gasteiger partial charge in [-0.15, -0.1) is 0 Å². The Labute approximate surface area is 175 Å². The van der Waals surface area contributed by atoms with E-state index in [1.807, 2.05) is 0 Å². The van der Waals surface area contributed by atoms with Crippen LogP contribution in [0.25, 0.3) is 0 Å². The Morgan fingerprint density at radius 2 is 1.87 bits per heavy atom. The summed E-state index contributed by atoms with van der Waals surface area (Å²) in [7, 11) is 0. The van der Waals surface area contributed by atoms with Crippen LogP contribution in [0.15, 0.2) is 36.4 Å². The average Bonchev–Trinajstić information content (AvgIpc) is 2.95. The van der Waals surface area contributed by atoms with E-state index >= 15 is 0 Å². The molecule has 0 fully saturated rings. The van der Waals surface area contributed by atoms with Crippen molar-refractivity contribution in [2.75, 3.05) is 11.9 Å². The molecule has 3 amide bonds. The van der Waals surface area contributed by atoms with Gasteiger partial charge in [-0.05, 0) is 30.2 Å². The summed E-state index contributed by atoms with van der Waals surface area (Å²) < 4.78 is 0. The van der Waals surface area contributed by atoms with Gasteiger partial charge in [0.2, 0.25) is 5.91 Å². The lowest BCUT2D eigenvalue weighted by Gasteiger charge is -2.13. The Bertz CT molecular complexity index is 1110. The number of benzene rings is 2. The number of aliphatic carboxylic acids is 1. The predicted molar refractivity (Wildman–Crippen MR) is 106 cm³/mol. The van der Waals surface area contributed by atoms with E-state index in [4.69, 9.17) is 5.11 Å². The van der Waals surface area contributed by atoms with Gasteiger partial charge in [0, 0.05) is 19.0 Å². The van der Waals surface area contributed by atoms with Gasteiger partial charge in [-0.1, -0.05) is 12.1 Å². The first-order valence-corrected chi connectivity index (χ1v) is 9.16. The number of anilines is 1. The summed E-state index contributed by atoms with van der Waals surface area (Å²) in [5, 5.41) is 32.3. The van der Waals surface area contributed by atoms with Crippen LogP contribution in [0.1, 0.15) is 39.1 Å². The zero-order valence-electron chi connectivity index (χ0n) is 16.0. The molecule has 0 aliphatic carbocycles. The summed E-state index contributed by atoms with van der Waals surface area (Å²) >= 11 is 0. The van der Waals surface area contributed by atoms with Crippen molar-refractivity contribution in [2.24, 2.45) is 0 Å². The third-order valence-electron chi connectivity index (χ3n) is 4.65. The van der Waals surface area contributed by atoms with Crippen molar-refractivity contribution in [3.63, 3.8) is 0 Å². The number of amides is 3. The fourth-order valence-corrected chi connectivity index (χ4v) is 3.25. The number of carbonyl (C=O) groups excluding carboxylic acids is 3. The van der Waals surface area contributed by atoms with Gasteiger partial charge in [0.1, 0.15) is 11.3 Å². The standard InChI is InChI=1S/C20H17N3O8/c24-15-7-6-11(10-17(26)27)9-13(15)21-16(25)5-2-8-22-19(28)12-3-1-4-14(23(30)31)18(12)20(22)29/h1,3-4,6-7,9,24H,2,5,8,10H2,(H,21,25)(H,26,27). The number of nitro benzene ring substituents is 1. The number of hydrogen-bond acceptors (Lipinski definition) is 7. The summed E-state index contributed by atoms with van der Waals surface area (Å²) in [5.74, 6) is -3.28. The van der Waals surface area contributed by atoms with E-state index < -0.39 is 34.3 Å². The molecule has 2 aromatic carbocycles. The number of carbonyl (C=O) groups is 4. The fourth-order valence-electron chi connectivity index (χ4n) is 3.25. The van der Waals surface area contributed by atoms with Gasteiger partial charge in [0.05, 0.1) is 22.6 Å². The minimum absolute atomic E-state index is 0.0418. The number of phenolic OH excluding ortho intramolecular Hbond substituents is 1. The van der Waals surface area contributed by atoms with Crippen LogP contribution in [-0.2, 0) is 16.0 Å². The van der Waals surface area contributed by atoms with Gasteiger partial charge in [0.25, 0.3) is 17.5 Å². The Morgan fingerprint density at radius 3 is 2.55 bits per heavy atom. The third kappa shape index (κ3) is 4.50. The van der Waals surface area contributed by atoms with Crippen molar-refractivity contribution in [2.45, 2.75) is 19.3 Å². The van der Waals surface area contributed by atoms with E-state index in [1.165, 1.54) is 30.3 Å². The molecule has 160 valence electrons. The maximum atomic E-state index is 12.5. The van der Waals surface area contributed by atoms with Crippen LogP contribution >= 0.6 is 0 Å². The molecular weight excluding hydrogens is 410 g/mol. The van der Waals surface area contributed by atoms with E-state index in [0.717, 1.165) is 11.0 Å². The number of imide groups is 1. The van der Waals surface area contributed by atoms with Crippen LogP contribution in [-0.4, -0.2) is 50.3 Å². The van der Waals surface area contributed by atoms with Crippen molar-refractivity contribution in [3.05, 3.63) is 63.2 Å². The van der Waals surface area contributed by atoms with E-state index in [-0.39, 0.29) is 48.4 Å². The molecular formula is C20H17N3O8. The molecule has 3 rings (SSSR count). The lowest BCUT2D eigenvalue weighted by Crippen LogP contribution is -2.31. The van der Waals surface area contributed by atoms with Crippen LogP contribution in [0.3, 0.4) is 0 Å². The number of hydrogen-bond donors (Lipinski definition) is 3. The van der Waals surface area contributed by atoms with Crippen molar-refractivity contribution >= 4 is 35.1 Å². The van der Waals surface area contributed by atoms with Gasteiger partial charge in [0.15, 0.2) is 0 Å². The maximum absolute atomic E-state index is 12.5. The third-order valence-corrected chi connectivity index (χ3v) is 4.65. The highest BCUT2D eigenvalue weighted by Crippen LogP contribution is 2.31. The Morgan fingerprint density at radius 1 is 1.13 bits per heavy atom. The second-order valence-corrected chi connectivity index (χ2v) is 6.79. The Kier molecular flexibility index (Phi) is 5.95. The number of nitro groups is 1. The largest absolute Gasteiger partial charge is 0.506 e. The molecule has 1 aliphatic heterocycles. The summed E-state index contributed by atoms with van der Waals surface area (Å²) in [5.41, 5.74) is -0.341. The quantitative estimate of drug-likeness (QED) is 0.249. The molecule has 11 nitrogen and oxygen atoms in total. The van der Waals surface area contributed by atoms with E-state index in [9.17, 15) is 34.4 Å². The van der Waals surface area contributed by atoms with Gasteiger partial charge in [-0.3, -0.25) is 34.2 Å². The summed E-state index contributed by atoms with van der Waals surface area (Å²) in [6, 6.07) is 7.82. The molecule has 31 heavy (non-hydrogen) atoms. The molecule has 1 aliphatic rings. The number of rotatable bonds is 8. The van der Waals surface area contributed by atoms with Gasteiger partial charge in [-0.2, -0.15) is 0 Å². The van der Waals surface area contributed by atoms with Crippen molar-refractivity contribution in [1.29, 1.82) is 0 Å². The topological polar surface area (TPSA) is 167 Å². The molecule has 0 unspecified atom stereocenters. The highest BCUT2D eigenvalue weighted by Gasteiger charge is 2.40. The highest BCUT2D eigenvalue weighted by atomic mass is 16.6. The fraction of sp³-hybridized carbons (Fsp3) is 0.200. The number of phenols is 1. The number of carboxylic acids is 1. The SMILES string of the molecule is O=C(O)Cc1ccc(O)c(NC(=O)CCCN2C(=O)c3cccc([N+](=O)[O-])c3C2=O)c1. The van der Waals surface area contributed by atoms with Crippen LogP contribution in [0.4, 0.5) is 11.4 Å². The first-order chi connectivity index (χ1) is 14.7. The number of aromatic hydroxyl groups is 1. The zero-order valence-corrected chi connectivity index (χ0v) is 16.0. The zero-order chi connectivity index (χ0) is 22.7.